The lowest BCUT2D eigenvalue weighted by Crippen LogP contribution is -2.40. The molecule has 1 aliphatic carbocycles. The third-order valence-corrected chi connectivity index (χ3v) is 5.30. The first-order chi connectivity index (χ1) is 14.2. The smallest absolute Gasteiger partial charge is 0.191 e. The van der Waals surface area contributed by atoms with Gasteiger partial charge in [0.1, 0.15) is 0 Å². The first-order valence-corrected chi connectivity index (χ1v) is 11.2. The van der Waals surface area contributed by atoms with Gasteiger partial charge in [-0.05, 0) is 50.2 Å². The fourth-order valence-corrected chi connectivity index (χ4v) is 3.55. The van der Waals surface area contributed by atoms with Crippen LogP contribution in [0.2, 0.25) is 0 Å². The van der Waals surface area contributed by atoms with Crippen molar-refractivity contribution in [1.82, 2.24) is 15.5 Å². The van der Waals surface area contributed by atoms with Gasteiger partial charge in [-0.25, -0.2) is 4.99 Å². The van der Waals surface area contributed by atoms with Crippen molar-refractivity contribution in [1.29, 1.82) is 0 Å². The number of ether oxygens (including phenoxy) is 2. The lowest BCUT2D eigenvalue weighted by atomic mass is 10.1. The van der Waals surface area contributed by atoms with Crippen molar-refractivity contribution in [2.45, 2.75) is 52.3 Å². The van der Waals surface area contributed by atoms with Crippen molar-refractivity contribution < 1.29 is 9.47 Å². The zero-order valence-electron chi connectivity index (χ0n) is 18.6. The first kappa shape index (κ1) is 25.4. The van der Waals surface area contributed by atoms with Crippen LogP contribution in [-0.4, -0.2) is 63.0 Å². The van der Waals surface area contributed by atoms with E-state index in [2.05, 4.69) is 53.6 Å². The molecule has 1 unspecified atom stereocenters. The van der Waals surface area contributed by atoms with Gasteiger partial charge in [-0.15, -0.1) is 24.0 Å². The molecule has 7 heteroatoms. The SMILES string of the molecule is CCNC(=NCc1cccc(CN2CCOC(C)C2)c1)NCCCOCC1CC1.I. The van der Waals surface area contributed by atoms with Crippen LogP contribution in [0.1, 0.15) is 44.2 Å². The van der Waals surface area contributed by atoms with Crippen LogP contribution in [0, 0.1) is 5.92 Å². The number of aliphatic imine (C=N–C) groups is 1. The minimum atomic E-state index is 0. The molecule has 3 rings (SSSR count). The van der Waals surface area contributed by atoms with Gasteiger partial charge in [-0.3, -0.25) is 4.90 Å². The molecular formula is C23H39IN4O2. The predicted octanol–water partition coefficient (Wildman–Crippen LogP) is 3.40. The molecule has 1 heterocycles. The maximum Gasteiger partial charge on any atom is 0.191 e. The maximum absolute atomic E-state index is 5.70. The Morgan fingerprint density at radius 2 is 2.10 bits per heavy atom. The summed E-state index contributed by atoms with van der Waals surface area (Å²) in [5.41, 5.74) is 2.59. The lowest BCUT2D eigenvalue weighted by molar-refractivity contribution is -0.0212. The molecular weight excluding hydrogens is 491 g/mol. The molecule has 1 aromatic rings. The van der Waals surface area contributed by atoms with E-state index in [0.717, 1.165) is 70.8 Å². The van der Waals surface area contributed by atoms with Crippen LogP contribution in [0.25, 0.3) is 0 Å². The second-order valence-corrected chi connectivity index (χ2v) is 8.23. The van der Waals surface area contributed by atoms with Gasteiger partial charge < -0.3 is 20.1 Å². The van der Waals surface area contributed by atoms with Crippen molar-refractivity contribution in [3.05, 3.63) is 35.4 Å². The van der Waals surface area contributed by atoms with Crippen molar-refractivity contribution in [3.63, 3.8) is 0 Å². The fourth-order valence-electron chi connectivity index (χ4n) is 3.55. The minimum absolute atomic E-state index is 0. The maximum atomic E-state index is 5.70. The van der Waals surface area contributed by atoms with Gasteiger partial charge in [0.05, 0.1) is 19.3 Å². The van der Waals surface area contributed by atoms with E-state index >= 15 is 0 Å². The molecule has 2 fully saturated rings. The summed E-state index contributed by atoms with van der Waals surface area (Å²) < 4.78 is 11.3. The Morgan fingerprint density at radius 1 is 1.27 bits per heavy atom. The molecule has 0 bridgehead atoms. The zero-order chi connectivity index (χ0) is 20.3. The van der Waals surface area contributed by atoms with Gasteiger partial charge in [-0.2, -0.15) is 0 Å². The average Bonchev–Trinajstić information content (AvgIpc) is 3.53. The predicted molar refractivity (Wildman–Crippen MR) is 134 cm³/mol. The molecule has 0 aromatic heterocycles. The zero-order valence-corrected chi connectivity index (χ0v) is 20.9. The number of hydrogen-bond donors (Lipinski definition) is 2. The highest BCUT2D eigenvalue weighted by atomic mass is 127. The Kier molecular flexibility index (Phi) is 12.0. The summed E-state index contributed by atoms with van der Waals surface area (Å²) in [6, 6.07) is 8.78. The molecule has 1 saturated heterocycles. The minimum Gasteiger partial charge on any atom is -0.381 e. The molecule has 1 aromatic carbocycles. The molecule has 0 spiro atoms. The normalized spacial score (nSPS) is 19.9. The molecule has 30 heavy (non-hydrogen) atoms. The highest BCUT2D eigenvalue weighted by Gasteiger charge is 2.20. The molecule has 2 N–H and O–H groups in total. The van der Waals surface area contributed by atoms with Crippen molar-refractivity contribution >= 4 is 29.9 Å². The molecule has 0 radical (unpaired) electrons. The summed E-state index contributed by atoms with van der Waals surface area (Å²) in [5, 5.41) is 6.75. The van der Waals surface area contributed by atoms with Crippen molar-refractivity contribution in [2.75, 3.05) is 46.0 Å². The number of guanidine groups is 1. The van der Waals surface area contributed by atoms with Crippen LogP contribution in [-0.2, 0) is 22.6 Å². The summed E-state index contributed by atoms with van der Waals surface area (Å²) in [7, 11) is 0. The Labute approximate surface area is 199 Å². The molecule has 1 atom stereocenters. The molecule has 0 amide bonds. The highest BCUT2D eigenvalue weighted by molar-refractivity contribution is 14.0. The summed E-state index contributed by atoms with van der Waals surface area (Å²) >= 11 is 0. The van der Waals surface area contributed by atoms with E-state index in [4.69, 9.17) is 14.5 Å². The molecule has 170 valence electrons. The first-order valence-electron chi connectivity index (χ1n) is 11.2. The number of rotatable bonds is 11. The van der Waals surface area contributed by atoms with Gasteiger partial charge in [-0.1, -0.05) is 24.3 Å². The Hall–Kier alpha value is -0.900. The van der Waals surface area contributed by atoms with Gasteiger partial charge in [0.25, 0.3) is 0 Å². The van der Waals surface area contributed by atoms with Gasteiger partial charge in [0.2, 0.25) is 0 Å². The third-order valence-electron chi connectivity index (χ3n) is 5.30. The van der Waals surface area contributed by atoms with Gasteiger partial charge >= 0.3 is 0 Å². The highest BCUT2D eigenvalue weighted by Crippen LogP contribution is 2.28. The largest absolute Gasteiger partial charge is 0.381 e. The van der Waals surface area contributed by atoms with E-state index in [1.165, 1.54) is 24.0 Å². The summed E-state index contributed by atoms with van der Waals surface area (Å²) in [4.78, 5) is 7.23. The van der Waals surface area contributed by atoms with Crippen LogP contribution in [0.3, 0.4) is 0 Å². The van der Waals surface area contributed by atoms with E-state index in [9.17, 15) is 0 Å². The van der Waals surface area contributed by atoms with Gasteiger partial charge in [0, 0.05) is 45.9 Å². The van der Waals surface area contributed by atoms with Crippen molar-refractivity contribution in [2.24, 2.45) is 10.9 Å². The summed E-state index contributed by atoms with van der Waals surface area (Å²) in [6.45, 7) is 12.2. The Morgan fingerprint density at radius 3 is 2.87 bits per heavy atom. The van der Waals surface area contributed by atoms with Crippen LogP contribution in [0.15, 0.2) is 29.3 Å². The fraction of sp³-hybridized carbons (Fsp3) is 0.696. The molecule has 1 aliphatic heterocycles. The second kappa shape index (κ2) is 14.2. The quantitative estimate of drug-likeness (QED) is 0.199. The molecule has 6 nitrogen and oxygen atoms in total. The number of hydrogen-bond acceptors (Lipinski definition) is 4. The standard InChI is InChI=1S/C23H38N4O2.HI/c1-3-24-23(25-10-5-12-28-18-20-8-9-20)26-15-21-6-4-7-22(14-21)17-27-11-13-29-19(2)16-27;/h4,6-7,14,19-20H,3,5,8-13,15-18H2,1-2H3,(H2,24,25,26);1H. The van der Waals surface area contributed by atoms with Crippen molar-refractivity contribution in [3.8, 4) is 0 Å². The van der Waals surface area contributed by atoms with E-state index in [1.54, 1.807) is 0 Å². The summed E-state index contributed by atoms with van der Waals surface area (Å²) in [6.07, 6.45) is 4.03. The third kappa shape index (κ3) is 9.94. The molecule has 2 aliphatic rings. The van der Waals surface area contributed by atoms with Crippen LogP contribution in [0.5, 0.6) is 0 Å². The monoisotopic (exact) mass is 530 g/mol. The van der Waals surface area contributed by atoms with E-state index in [-0.39, 0.29) is 24.0 Å². The molecule has 1 saturated carbocycles. The van der Waals surface area contributed by atoms with Crippen LogP contribution in [0.4, 0.5) is 0 Å². The number of nitrogens with zero attached hydrogens (tertiary/aromatic N) is 2. The van der Waals surface area contributed by atoms with E-state index in [0.29, 0.717) is 12.6 Å². The van der Waals surface area contributed by atoms with Gasteiger partial charge in [0.15, 0.2) is 5.96 Å². The van der Waals surface area contributed by atoms with E-state index < -0.39 is 0 Å². The second-order valence-electron chi connectivity index (χ2n) is 8.23. The van der Waals surface area contributed by atoms with Crippen LogP contribution >= 0.6 is 24.0 Å². The topological polar surface area (TPSA) is 58.1 Å². The number of morpholine rings is 1. The Bertz CT molecular complexity index is 639. The Balaban J connectivity index is 0.00000320. The number of nitrogens with one attached hydrogen (secondary N) is 2. The van der Waals surface area contributed by atoms with Crippen LogP contribution < -0.4 is 10.6 Å². The summed E-state index contributed by atoms with van der Waals surface area (Å²) in [5.74, 6) is 1.71. The van der Waals surface area contributed by atoms with E-state index in [1.807, 2.05) is 0 Å². The lowest BCUT2D eigenvalue weighted by Gasteiger charge is -2.31. The average molecular weight is 530 g/mol. The number of benzene rings is 1. The number of halogens is 1.